The number of rotatable bonds is 11. The van der Waals surface area contributed by atoms with Gasteiger partial charge < -0.3 is 10.2 Å². The first-order valence-electron chi connectivity index (χ1n) is 12.3. The lowest BCUT2D eigenvalue weighted by Crippen LogP contribution is -2.52. The summed E-state index contributed by atoms with van der Waals surface area (Å²) in [5.74, 6) is 0.646. The maximum atomic E-state index is 13.4. The zero-order valence-corrected chi connectivity index (χ0v) is 21.4. The molecule has 1 aliphatic carbocycles. The molecule has 0 spiro atoms. The Labute approximate surface area is 211 Å². The molecule has 2 aromatic carbocycles. The number of carbonyl (C=O) groups is 2. The summed E-state index contributed by atoms with van der Waals surface area (Å²) >= 11 is 1.45. The van der Waals surface area contributed by atoms with Crippen molar-refractivity contribution >= 4 is 29.3 Å². The van der Waals surface area contributed by atoms with Crippen molar-refractivity contribution in [2.75, 3.05) is 5.75 Å². The summed E-state index contributed by atoms with van der Waals surface area (Å²) < 4.78 is 0. The SMILES string of the molecule is CC[C@@H](C(=O)NC1CCCCC1)N(Cc1cccc(C)c1)C(=O)CSCc1ccc([N+](=O)[O-])cc1. The molecule has 1 saturated carbocycles. The van der Waals surface area contributed by atoms with Crippen molar-refractivity contribution in [1.29, 1.82) is 0 Å². The second-order valence-corrected chi connectivity index (χ2v) is 10.2. The average Bonchev–Trinajstić information content (AvgIpc) is 2.85. The van der Waals surface area contributed by atoms with Gasteiger partial charge in [0.2, 0.25) is 11.8 Å². The number of aryl methyl sites for hydroxylation is 1. The van der Waals surface area contributed by atoms with Crippen LogP contribution < -0.4 is 5.32 Å². The number of nitrogens with zero attached hydrogens (tertiary/aromatic N) is 2. The highest BCUT2D eigenvalue weighted by atomic mass is 32.2. The number of hydrogen-bond acceptors (Lipinski definition) is 5. The van der Waals surface area contributed by atoms with E-state index < -0.39 is 11.0 Å². The van der Waals surface area contributed by atoms with Gasteiger partial charge in [0.1, 0.15) is 6.04 Å². The first-order valence-corrected chi connectivity index (χ1v) is 13.5. The molecule has 1 atom stereocenters. The third kappa shape index (κ3) is 8.09. The minimum absolute atomic E-state index is 0.0499. The average molecular weight is 498 g/mol. The van der Waals surface area contributed by atoms with E-state index in [-0.39, 0.29) is 29.3 Å². The number of nitro groups is 1. The van der Waals surface area contributed by atoms with Crippen LogP contribution in [0.3, 0.4) is 0 Å². The van der Waals surface area contributed by atoms with Crippen LogP contribution in [-0.4, -0.2) is 39.5 Å². The van der Waals surface area contributed by atoms with Crippen LogP contribution >= 0.6 is 11.8 Å². The van der Waals surface area contributed by atoms with Crippen molar-refractivity contribution in [2.45, 2.75) is 76.8 Å². The highest BCUT2D eigenvalue weighted by Crippen LogP contribution is 2.21. The van der Waals surface area contributed by atoms with Gasteiger partial charge in [-0.15, -0.1) is 11.8 Å². The molecule has 8 heteroatoms. The van der Waals surface area contributed by atoms with E-state index in [1.165, 1.54) is 30.3 Å². The van der Waals surface area contributed by atoms with Gasteiger partial charge in [-0.1, -0.05) is 68.1 Å². The predicted molar refractivity (Wildman–Crippen MR) is 140 cm³/mol. The van der Waals surface area contributed by atoms with E-state index >= 15 is 0 Å². The minimum Gasteiger partial charge on any atom is -0.352 e. The van der Waals surface area contributed by atoms with Crippen molar-refractivity contribution in [3.63, 3.8) is 0 Å². The monoisotopic (exact) mass is 497 g/mol. The van der Waals surface area contributed by atoms with Crippen molar-refractivity contribution in [3.8, 4) is 0 Å². The van der Waals surface area contributed by atoms with Crippen LogP contribution in [0.2, 0.25) is 0 Å². The number of amides is 2. The van der Waals surface area contributed by atoms with Crippen molar-refractivity contribution in [3.05, 3.63) is 75.3 Å². The molecule has 0 aromatic heterocycles. The lowest BCUT2D eigenvalue weighted by Gasteiger charge is -2.33. The van der Waals surface area contributed by atoms with Gasteiger partial charge in [-0.05, 0) is 37.3 Å². The molecule has 0 bridgehead atoms. The van der Waals surface area contributed by atoms with Crippen LogP contribution in [0.25, 0.3) is 0 Å². The van der Waals surface area contributed by atoms with Crippen molar-refractivity contribution in [1.82, 2.24) is 10.2 Å². The maximum absolute atomic E-state index is 13.4. The van der Waals surface area contributed by atoms with Crippen LogP contribution in [0.1, 0.15) is 62.1 Å². The summed E-state index contributed by atoms with van der Waals surface area (Å²) in [5.41, 5.74) is 3.08. The number of hydrogen-bond donors (Lipinski definition) is 1. The number of thioether (sulfide) groups is 1. The van der Waals surface area contributed by atoms with Gasteiger partial charge in [-0.25, -0.2) is 0 Å². The number of nitro benzene ring substituents is 1. The Kier molecular flexibility index (Phi) is 10.1. The van der Waals surface area contributed by atoms with Gasteiger partial charge in [0.05, 0.1) is 10.7 Å². The van der Waals surface area contributed by atoms with E-state index in [9.17, 15) is 19.7 Å². The van der Waals surface area contributed by atoms with Crippen molar-refractivity contribution in [2.24, 2.45) is 0 Å². The Balaban J connectivity index is 1.68. The number of benzene rings is 2. The smallest absolute Gasteiger partial charge is 0.269 e. The lowest BCUT2D eigenvalue weighted by atomic mass is 9.95. The zero-order chi connectivity index (χ0) is 25.2. The second kappa shape index (κ2) is 13.3. The Morgan fingerprint density at radius 1 is 1.11 bits per heavy atom. The normalized spacial score (nSPS) is 14.8. The standard InChI is InChI=1S/C27H35N3O4S/c1-3-25(27(32)28-23-10-5-4-6-11-23)29(17-22-9-7-8-20(2)16-22)26(31)19-35-18-21-12-14-24(15-13-21)30(33)34/h7-9,12-16,23,25H,3-6,10-11,17-19H2,1-2H3,(H,28,32)/t25-/m0/s1. The molecule has 0 heterocycles. The quantitative estimate of drug-likeness (QED) is 0.332. The predicted octanol–water partition coefficient (Wildman–Crippen LogP) is 5.39. The molecular weight excluding hydrogens is 462 g/mol. The van der Waals surface area contributed by atoms with E-state index in [1.54, 1.807) is 17.0 Å². The molecule has 0 unspecified atom stereocenters. The summed E-state index contributed by atoms with van der Waals surface area (Å²) in [4.78, 5) is 38.8. The molecule has 2 amide bonds. The second-order valence-electron chi connectivity index (χ2n) is 9.19. The van der Waals surface area contributed by atoms with E-state index in [4.69, 9.17) is 0 Å². The van der Waals surface area contributed by atoms with E-state index in [0.29, 0.717) is 18.7 Å². The summed E-state index contributed by atoms with van der Waals surface area (Å²) in [5, 5.41) is 14.1. The van der Waals surface area contributed by atoms with Crippen LogP contribution in [0.5, 0.6) is 0 Å². The van der Waals surface area contributed by atoms with E-state index in [0.717, 1.165) is 42.4 Å². The molecule has 188 valence electrons. The molecule has 1 fully saturated rings. The van der Waals surface area contributed by atoms with E-state index in [1.807, 2.05) is 32.0 Å². The topological polar surface area (TPSA) is 92.6 Å². The third-order valence-corrected chi connectivity index (χ3v) is 7.40. The molecule has 1 N–H and O–H groups in total. The van der Waals surface area contributed by atoms with Gasteiger partial charge in [0.25, 0.3) is 5.69 Å². The van der Waals surface area contributed by atoms with Gasteiger partial charge >= 0.3 is 0 Å². The molecule has 2 aromatic rings. The maximum Gasteiger partial charge on any atom is 0.269 e. The third-order valence-electron chi connectivity index (χ3n) is 6.41. The first-order chi connectivity index (χ1) is 16.9. The number of non-ortho nitro benzene ring substituents is 1. The van der Waals surface area contributed by atoms with Gasteiger partial charge in [-0.2, -0.15) is 0 Å². The first kappa shape index (κ1) is 26.7. The Morgan fingerprint density at radius 2 is 1.83 bits per heavy atom. The van der Waals surface area contributed by atoms with Gasteiger partial charge in [-0.3, -0.25) is 19.7 Å². The molecule has 7 nitrogen and oxygen atoms in total. The Bertz CT molecular complexity index is 1010. The summed E-state index contributed by atoms with van der Waals surface area (Å²) in [6, 6.07) is 14.1. The molecular formula is C27H35N3O4S. The largest absolute Gasteiger partial charge is 0.352 e. The highest BCUT2D eigenvalue weighted by Gasteiger charge is 2.30. The Hall–Kier alpha value is -2.87. The fourth-order valence-corrected chi connectivity index (χ4v) is 5.39. The van der Waals surface area contributed by atoms with Crippen LogP contribution in [0.15, 0.2) is 48.5 Å². The Morgan fingerprint density at radius 3 is 2.46 bits per heavy atom. The summed E-state index contributed by atoms with van der Waals surface area (Å²) in [6.45, 7) is 4.35. The summed E-state index contributed by atoms with van der Waals surface area (Å²) in [6.07, 6.45) is 6.02. The number of carbonyl (C=O) groups excluding carboxylic acids is 2. The molecule has 1 aliphatic rings. The van der Waals surface area contributed by atoms with Crippen LogP contribution in [-0.2, 0) is 21.9 Å². The van der Waals surface area contributed by atoms with Crippen LogP contribution in [0.4, 0.5) is 5.69 Å². The molecule has 3 rings (SSSR count). The molecule has 0 aliphatic heterocycles. The molecule has 35 heavy (non-hydrogen) atoms. The number of nitrogens with one attached hydrogen (secondary N) is 1. The summed E-state index contributed by atoms with van der Waals surface area (Å²) in [7, 11) is 0. The van der Waals surface area contributed by atoms with Gasteiger partial charge in [0, 0.05) is 30.5 Å². The fourth-order valence-electron chi connectivity index (χ4n) is 4.52. The lowest BCUT2D eigenvalue weighted by molar-refractivity contribution is -0.384. The zero-order valence-electron chi connectivity index (χ0n) is 20.6. The minimum atomic E-state index is -0.523. The molecule has 0 radical (unpaired) electrons. The van der Waals surface area contributed by atoms with E-state index in [2.05, 4.69) is 11.4 Å². The van der Waals surface area contributed by atoms with Crippen LogP contribution in [0, 0.1) is 17.0 Å². The van der Waals surface area contributed by atoms with Crippen molar-refractivity contribution < 1.29 is 14.5 Å². The fraction of sp³-hybridized carbons (Fsp3) is 0.481. The molecule has 0 saturated heterocycles. The highest BCUT2D eigenvalue weighted by molar-refractivity contribution is 7.99. The van der Waals surface area contributed by atoms with Gasteiger partial charge in [0.15, 0.2) is 0 Å².